The molecule has 7 rings (SSSR count). The normalized spacial score (nSPS) is 15.1. The monoisotopic (exact) mass is 752 g/mol. The minimum atomic E-state index is -2.41. The number of hydrogen-bond acceptors (Lipinski definition) is 11. The van der Waals surface area contributed by atoms with Crippen molar-refractivity contribution in [3.8, 4) is 29.0 Å². The van der Waals surface area contributed by atoms with E-state index < -0.39 is 24.0 Å². The fourth-order valence-electron chi connectivity index (χ4n) is 5.65. The predicted octanol–water partition coefficient (Wildman–Crippen LogP) is 7.51. The van der Waals surface area contributed by atoms with E-state index in [4.69, 9.17) is 32.5 Å². The first kappa shape index (κ1) is 37.5. The number of likely N-dealkylation sites (tertiary alicyclic amines) is 1. The third kappa shape index (κ3) is 7.77. The number of halogens is 7. The first-order valence-corrected chi connectivity index (χ1v) is 16.5. The maximum Gasteiger partial charge on any atom is 0.318 e. The number of hydrogen-bond donors (Lipinski definition) is 2. The number of rotatable bonds is 4. The van der Waals surface area contributed by atoms with Crippen molar-refractivity contribution in [1.29, 1.82) is 5.26 Å². The zero-order valence-electron chi connectivity index (χ0n) is 27.4. The number of nitrogen functional groups attached to an aromatic ring is 2. The molecule has 2 aliphatic heterocycles. The third-order valence-corrected chi connectivity index (χ3v) is 9.27. The van der Waals surface area contributed by atoms with Crippen LogP contribution < -0.4 is 25.8 Å². The molecule has 5 aromatic rings. The molecule has 0 saturated carbocycles. The quantitative estimate of drug-likeness (QED) is 0.177. The zero-order chi connectivity index (χ0) is 37.2. The number of nitriles is 1. The lowest BCUT2D eigenvalue weighted by atomic mass is 9.96. The molecule has 0 unspecified atom stereocenters. The second-order valence-corrected chi connectivity index (χ2v) is 13.0. The maximum atomic E-state index is 16.5. The minimum Gasteiger partial charge on any atom is -0.489 e. The van der Waals surface area contributed by atoms with Crippen LogP contribution in [0.4, 0.5) is 43.0 Å². The zero-order valence-corrected chi connectivity index (χ0v) is 29.0. The van der Waals surface area contributed by atoms with Gasteiger partial charge in [-0.3, -0.25) is 0 Å². The molecule has 0 radical (unpaired) electrons. The minimum absolute atomic E-state index is 0.0312. The molecular weight excluding hydrogens is 722 g/mol. The molecule has 0 spiro atoms. The van der Waals surface area contributed by atoms with E-state index in [9.17, 15) is 27.2 Å². The number of ether oxygens (including phenoxy) is 2. The molecule has 0 amide bonds. The number of fused-ring (bicyclic) bond motifs is 1. The van der Waals surface area contributed by atoms with Crippen molar-refractivity contribution in [2.45, 2.75) is 32.2 Å². The Balaban J connectivity index is 0.000000359. The number of thiophene rings is 1. The number of methoxy groups -OCH3 is 1. The molecular formula is C33H31ClF6N8O2S. The van der Waals surface area contributed by atoms with Gasteiger partial charge in [-0.25, -0.2) is 31.3 Å². The van der Waals surface area contributed by atoms with Crippen LogP contribution in [0.3, 0.4) is 0 Å². The Labute approximate surface area is 297 Å². The van der Waals surface area contributed by atoms with E-state index in [-0.39, 0.29) is 79.0 Å². The van der Waals surface area contributed by atoms with Crippen LogP contribution in [0.2, 0.25) is 5.02 Å². The van der Waals surface area contributed by atoms with Crippen LogP contribution in [0.25, 0.3) is 32.1 Å². The lowest BCUT2D eigenvalue weighted by Crippen LogP contribution is -2.28. The predicted molar refractivity (Wildman–Crippen MR) is 185 cm³/mol. The molecule has 0 bridgehead atoms. The van der Waals surface area contributed by atoms with E-state index in [0.29, 0.717) is 31.3 Å². The summed E-state index contributed by atoms with van der Waals surface area (Å²) in [6.45, 7) is 2.13. The molecule has 1 fully saturated rings. The number of alkyl halides is 4. The highest BCUT2D eigenvalue weighted by Gasteiger charge is 2.36. The van der Waals surface area contributed by atoms with Crippen LogP contribution in [0, 0.1) is 23.0 Å². The second kappa shape index (κ2) is 15.2. The molecule has 10 nitrogen and oxygen atoms in total. The average Bonchev–Trinajstić information content (AvgIpc) is 3.52. The highest BCUT2D eigenvalue weighted by molar-refractivity contribution is 7.23. The summed E-state index contributed by atoms with van der Waals surface area (Å²) in [5, 5.41) is 10.2. The van der Waals surface area contributed by atoms with Crippen molar-refractivity contribution < 1.29 is 35.8 Å². The van der Waals surface area contributed by atoms with Gasteiger partial charge in [0.1, 0.15) is 40.6 Å². The first-order valence-electron chi connectivity index (χ1n) is 15.3. The summed E-state index contributed by atoms with van der Waals surface area (Å²) in [7, 11) is 3.08. The Morgan fingerprint density at radius 1 is 1.16 bits per heavy atom. The first-order chi connectivity index (χ1) is 24.2. The summed E-state index contributed by atoms with van der Waals surface area (Å²) in [6.07, 6.45) is -0.545. The van der Waals surface area contributed by atoms with Crippen molar-refractivity contribution in [2.75, 3.05) is 56.8 Å². The summed E-state index contributed by atoms with van der Waals surface area (Å²) < 4.78 is 87.7. The van der Waals surface area contributed by atoms with Gasteiger partial charge in [-0.1, -0.05) is 23.7 Å². The van der Waals surface area contributed by atoms with Crippen LogP contribution in [0.1, 0.15) is 24.5 Å². The molecule has 1 saturated heterocycles. The third-order valence-electron chi connectivity index (χ3n) is 7.88. The van der Waals surface area contributed by atoms with E-state index in [1.165, 1.54) is 19.2 Å². The molecule has 4 N–H and O–H groups in total. The topological polar surface area (TPSA) is 139 Å². The Bertz CT molecular complexity index is 2130. The largest absolute Gasteiger partial charge is 0.489 e. The lowest BCUT2D eigenvalue weighted by molar-refractivity contribution is 0.0146. The molecule has 0 aliphatic carbocycles. The Morgan fingerprint density at radius 2 is 1.88 bits per heavy atom. The molecule has 18 heteroatoms. The second-order valence-electron chi connectivity index (χ2n) is 11.5. The highest BCUT2D eigenvalue weighted by Crippen LogP contribution is 2.50. The Kier molecular flexibility index (Phi) is 11.2. The van der Waals surface area contributed by atoms with E-state index >= 15 is 4.39 Å². The number of nitrogens with two attached hydrogens (primary N) is 2. The summed E-state index contributed by atoms with van der Waals surface area (Å²) in [4.78, 5) is 16.4. The standard InChI is InChI=1S/C26H18ClF2N7O2S.C5H9F2N.C2H4F2/c1-37-26-34-20-17-21(38-8-7-36(25(17)35-26)10-11-3-2-6-33-23(11)31)18(27)16(19(20)29)12-4-5-14(28)22-15(12)13(9-30)24(32)39-22;1-8-3-2-5(6,7)4-8;1-2(3)4/h2-6H,7-8,10,32H2,1H3,(H2,31,33);2-4H2,1H3;2H,1H3. The van der Waals surface area contributed by atoms with Crippen LogP contribution in [0.15, 0.2) is 30.5 Å². The van der Waals surface area contributed by atoms with E-state index in [0.717, 1.165) is 23.8 Å². The van der Waals surface area contributed by atoms with Gasteiger partial charge < -0.3 is 30.7 Å². The molecule has 0 atom stereocenters. The van der Waals surface area contributed by atoms with Gasteiger partial charge in [0.05, 0.1) is 40.9 Å². The fourth-order valence-corrected chi connectivity index (χ4v) is 6.93. The summed E-state index contributed by atoms with van der Waals surface area (Å²) in [5.41, 5.74) is 12.8. The molecule has 270 valence electrons. The maximum absolute atomic E-state index is 16.5. The van der Waals surface area contributed by atoms with Crippen molar-refractivity contribution >= 4 is 60.6 Å². The summed E-state index contributed by atoms with van der Waals surface area (Å²) >= 11 is 7.76. The van der Waals surface area contributed by atoms with Crippen LogP contribution in [0.5, 0.6) is 11.8 Å². The number of anilines is 3. The smallest absolute Gasteiger partial charge is 0.318 e. The molecule has 51 heavy (non-hydrogen) atoms. The number of benzene rings is 2. The molecule has 2 aliphatic rings. The van der Waals surface area contributed by atoms with Crippen molar-refractivity contribution in [1.82, 2.24) is 19.9 Å². The Hall–Kier alpha value is -4.79. The van der Waals surface area contributed by atoms with Gasteiger partial charge in [-0.05, 0) is 31.7 Å². The Morgan fingerprint density at radius 3 is 2.47 bits per heavy atom. The van der Waals surface area contributed by atoms with Gasteiger partial charge in [0, 0.05) is 42.2 Å². The van der Waals surface area contributed by atoms with Gasteiger partial charge in [-0.15, -0.1) is 11.3 Å². The van der Waals surface area contributed by atoms with Crippen LogP contribution in [-0.2, 0) is 6.54 Å². The lowest BCUT2D eigenvalue weighted by Gasteiger charge is -2.23. The number of nitrogens with zero attached hydrogens (tertiary/aromatic N) is 6. The van der Waals surface area contributed by atoms with E-state index in [1.54, 1.807) is 24.2 Å². The van der Waals surface area contributed by atoms with Gasteiger partial charge in [0.2, 0.25) is 6.43 Å². The molecule has 2 aromatic carbocycles. The van der Waals surface area contributed by atoms with Gasteiger partial charge in [0.15, 0.2) is 11.6 Å². The van der Waals surface area contributed by atoms with Crippen LogP contribution in [-0.4, -0.2) is 72.6 Å². The van der Waals surface area contributed by atoms with Crippen molar-refractivity contribution in [3.05, 3.63) is 58.2 Å². The SMILES string of the molecule is CC(F)F.CN1CCC(F)(F)C1.COc1nc2c3c(c(Cl)c(-c4ccc(F)c5sc(N)c(C#N)c45)c(F)c3n1)OCCN2Cc1cccnc1N. The van der Waals surface area contributed by atoms with Gasteiger partial charge in [-0.2, -0.15) is 15.2 Å². The molecule has 5 heterocycles. The number of aromatic nitrogens is 3. The van der Waals surface area contributed by atoms with Gasteiger partial charge >= 0.3 is 6.01 Å². The van der Waals surface area contributed by atoms with E-state index in [2.05, 4.69) is 15.0 Å². The summed E-state index contributed by atoms with van der Waals surface area (Å²) in [5.74, 6) is -2.97. The fraction of sp³-hybridized carbons (Fsp3) is 0.333. The van der Waals surface area contributed by atoms with E-state index in [1.807, 2.05) is 17.0 Å². The number of pyridine rings is 1. The van der Waals surface area contributed by atoms with Crippen molar-refractivity contribution in [2.24, 2.45) is 0 Å². The van der Waals surface area contributed by atoms with Crippen LogP contribution >= 0.6 is 22.9 Å². The highest BCUT2D eigenvalue weighted by atomic mass is 35.5. The molecule has 3 aromatic heterocycles. The van der Waals surface area contributed by atoms with Crippen molar-refractivity contribution in [3.63, 3.8) is 0 Å². The summed E-state index contributed by atoms with van der Waals surface area (Å²) in [6, 6.07) is 8.06. The van der Waals surface area contributed by atoms with Gasteiger partial charge in [0.25, 0.3) is 5.92 Å². The average molecular weight is 753 g/mol.